The maximum absolute atomic E-state index is 5.35. The molecule has 2 aromatic rings. The van der Waals surface area contributed by atoms with E-state index in [1.54, 1.807) is 0 Å². The average Bonchev–Trinajstić information content (AvgIpc) is 2.33. The van der Waals surface area contributed by atoms with Gasteiger partial charge in [-0.05, 0) is 74.8 Å². The van der Waals surface area contributed by atoms with Crippen molar-refractivity contribution < 1.29 is 0 Å². The molecule has 0 aliphatic heterocycles. The first kappa shape index (κ1) is 14.5. The molecule has 0 atom stereocenters. The number of aromatic nitrogens is 1. The van der Waals surface area contributed by atoms with Gasteiger partial charge in [-0.1, -0.05) is 12.1 Å². The molecule has 1 heterocycles. The molecule has 4 heteroatoms. The van der Waals surface area contributed by atoms with Crippen LogP contribution in [-0.4, -0.2) is 10.1 Å². The van der Waals surface area contributed by atoms with Crippen LogP contribution < -0.4 is 10.6 Å². The Labute approximate surface area is 125 Å². The molecule has 0 saturated carbocycles. The van der Waals surface area contributed by atoms with Crippen LogP contribution in [0.4, 0.5) is 11.5 Å². The van der Waals surface area contributed by atoms with E-state index in [1.807, 2.05) is 38.1 Å². The van der Waals surface area contributed by atoms with Gasteiger partial charge in [0.2, 0.25) is 0 Å². The second kappa shape index (κ2) is 6.01. The van der Waals surface area contributed by atoms with Crippen LogP contribution in [0, 0.1) is 27.7 Å². The molecular weight excluding hydrogens is 266 g/mol. The Balaban J connectivity index is 2.11. The molecule has 104 valence electrons. The summed E-state index contributed by atoms with van der Waals surface area (Å²) in [5.74, 6) is 0.769. The summed E-state index contributed by atoms with van der Waals surface area (Å²) < 4.78 is 0. The Hall–Kier alpha value is -1.94. The third kappa shape index (κ3) is 3.54. The molecule has 1 aromatic carbocycles. The van der Waals surface area contributed by atoms with Crippen molar-refractivity contribution in [2.45, 2.75) is 27.7 Å². The summed E-state index contributed by atoms with van der Waals surface area (Å²) in [6.45, 7) is 8.18. The normalized spacial score (nSPS) is 10.2. The lowest BCUT2D eigenvalue weighted by Crippen LogP contribution is -2.20. The molecule has 1 aromatic heterocycles. The third-order valence-corrected chi connectivity index (χ3v) is 3.40. The zero-order chi connectivity index (χ0) is 14.7. The van der Waals surface area contributed by atoms with Crippen LogP contribution in [0.25, 0.3) is 0 Å². The molecule has 0 amide bonds. The van der Waals surface area contributed by atoms with Crippen molar-refractivity contribution in [3.8, 4) is 0 Å². The molecule has 0 bridgehead atoms. The SMILES string of the molecule is Cc1cc(C)nc(NC(=S)Nc2cccc(C)c2C)c1. The summed E-state index contributed by atoms with van der Waals surface area (Å²) in [5, 5.41) is 6.90. The van der Waals surface area contributed by atoms with Crippen molar-refractivity contribution in [1.29, 1.82) is 0 Å². The van der Waals surface area contributed by atoms with Crippen molar-refractivity contribution in [1.82, 2.24) is 4.98 Å². The van der Waals surface area contributed by atoms with E-state index in [-0.39, 0.29) is 0 Å². The molecule has 0 unspecified atom stereocenters. The maximum atomic E-state index is 5.35. The van der Waals surface area contributed by atoms with Gasteiger partial charge in [0, 0.05) is 11.4 Å². The lowest BCUT2D eigenvalue weighted by molar-refractivity contribution is 1.18. The predicted molar refractivity (Wildman–Crippen MR) is 89.5 cm³/mol. The summed E-state index contributed by atoms with van der Waals surface area (Å²) in [4.78, 5) is 4.42. The minimum atomic E-state index is 0.552. The van der Waals surface area contributed by atoms with E-state index in [2.05, 4.69) is 35.5 Å². The molecule has 2 rings (SSSR count). The summed E-state index contributed by atoms with van der Waals surface area (Å²) in [7, 11) is 0. The van der Waals surface area contributed by atoms with Crippen LogP contribution in [0.2, 0.25) is 0 Å². The standard InChI is InChI=1S/C16H19N3S/c1-10-8-12(3)17-15(9-10)19-16(20)18-14-7-5-6-11(2)13(14)4/h5-9H,1-4H3,(H2,17,18,19,20). The van der Waals surface area contributed by atoms with Gasteiger partial charge in [0.15, 0.2) is 5.11 Å². The minimum Gasteiger partial charge on any atom is -0.332 e. The van der Waals surface area contributed by atoms with Crippen LogP contribution in [0.3, 0.4) is 0 Å². The number of anilines is 2. The minimum absolute atomic E-state index is 0.552. The summed E-state index contributed by atoms with van der Waals surface area (Å²) in [6.07, 6.45) is 0. The van der Waals surface area contributed by atoms with Gasteiger partial charge in [-0.3, -0.25) is 0 Å². The third-order valence-electron chi connectivity index (χ3n) is 3.19. The second-order valence-corrected chi connectivity index (χ2v) is 5.41. The van der Waals surface area contributed by atoms with E-state index in [0.29, 0.717) is 5.11 Å². The highest BCUT2D eigenvalue weighted by Gasteiger charge is 2.04. The first-order chi connectivity index (χ1) is 9.45. The van der Waals surface area contributed by atoms with Gasteiger partial charge in [0.25, 0.3) is 0 Å². The van der Waals surface area contributed by atoms with Gasteiger partial charge >= 0.3 is 0 Å². The molecule has 3 nitrogen and oxygen atoms in total. The van der Waals surface area contributed by atoms with Crippen LogP contribution in [0.1, 0.15) is 22.4 Å². The van der Waals surface area contributed by atoms with E-state index in [9.17, 15) is 0 Å². The molecule has 0 aliphatic rings. The average molecular weight is 285 g/mol. The molecule has 0 aliphatic carbocycles. The van der Waals surface area contributed by atoms with E-state index < -0.39 is 0 Å². The fourth-order valence-corrected chi connectivity index (χ4v) is 2.28. The van der Waals surface area contributed by atoms with Crippen LogP contribution in [0.5, 0.6) is 0 Å². The quantitative estimate of drug-likeness (QED) is 0.814. The monoisotopic (exact) mass is 285 g/mol. The Morgan fingerprint density at radius 3 is 2.50 bits per heavy atom. The number of nitrogens with zero attached hydrogens (tertiary/aromatic N) is 1. The number of thiocarbonyl (C=S) groups is 1. The van der Waals surface area contributed by atoms with Crippen molar-refractivity contribution in [2.75, 3.05) is 10.6 Å². The molecule has 2 N–H and O–H groups in total. The highest BCUT2D eigenvalue weighted by Crippen LogP contribution is 2.18. The summed E-state index contributed by atoms with van der Waals surface area (Å²) in [5.41, 5.74) is 5.59. The smallest absolute Gasteiger partial charge is 0.176 e. The number of hydrogen-bond acceptors (Lipinski definition) is 2. The summed E-state index contributed by atoms with van der Waals surface area (Å²) >= 11 is 5.35. The van der Waals surface area contributed by atoms with Crippen LogP contribution in [-0.2, 0) is 0 Å². The predicted octanol–water partition coefficient (Wildman–Crippen LogP) is 4.12. The van der Waals surface area contributed by atoms with Gasteiger partial charge in [0.05, 0.1) is 0 Å². The molecule has 0 fully saturated rings. The Bertz CT molecular complexity index is 630. The molecule has 0 radical (unpaired) electrons. The number of pyridine rings is 1. The summed E-state index contributed by atoms with van der Waals surface area (Å²) in [6, 6.07) is 10.1. The second-order valence-electron chi connectivity index (χ2n) is 5.00. The van der Waals surface area contributed by atoms with Crippen molar-refractivity contribution >= 4 is 28.8 Å². The molecule has 20 heavy (non-hydrogen) atoms. The zero-order valence-electron chi connectivity index (χ0n) is 12.2. The van der Waals surface area contributed by atoms with Gasteiger partial charge in [-0.25, -0.2) is 4.98 Å². The van der Waals surface area contributed by atoms with Crippen molar-refractivity contribution in [3.05, 3.63) is 52.7 Å². The zero-order valence-corrected chi connectivity index (χ0v) is 13.1. The first-order valence-corrected chi connectivity index (χ1v) is 6.96. The Morgan fingerprint density at radius 1 is 1.05 bits per heavy atom. The number of hydrogen-bond donors (Lipinski definition) is 2. The Kier molecular flexibility index (Phi) is 4.35. The van der Waals surface area contributed by atoms with Crippen molar-refractivity contribution in [2.24, 2.45) is 0 Å². The lowest BCUT2D eigenvalue weighted by Gasteiger charge is -2.14. The van der Waals surface area contributed by atoms with Crippen LogP contribution >= 0.6 is 12.2 Å². The van der Waals surface area contributed by atoms with Crippen molar-refractivity contribution in [3.63, 3.8) is 0 Å². The fraction of sp³-hybridized carbons (Fsp3) is 0.250. The maximum Gasteiger partial charge on any atom is 0.176 e. The number of benzene rings is 1. The van der Waals surface area contributed by atoms with E-state index in [4.69, 9.17) is 12.2 Å². The molecule has 0 spiro atoms. The number of nitrogens with one attached hydrogen (secondary N) is 2. The number of rotatable bonds is 2. The number of aryl methyl sites for hydroxylation is 3. The van der Waals surface area contributed by atoms with E-state index in [0.717, 1.165) is 22.8 Å². The van der Waals surface area contributed by atoms with Crippen LogP contribution in [0.15, 0.2) is 30.3 Å². The topological polar surface area (TPSA) is 37.0 Å². The highest BCUT2D eigenvalue weighted by molar-refractivity contribution is 7.80. The fourth-order valence-electron chi connectivity index (χ4n) is 2.06. The largest absolute Gasteiger partial charge is 0.332 e. The van der Waals surface area contributed by atoms with E-state index >= 15 is 0 Å². The Morgan fingerprint density at radius 2 is 1.80 bits per heavy atom. The van der Waals surface area contributed by atoms with Gasteiger partial charge in [-0.15, -0.1) is 0 Å². The highest BCUT2D eigenvalue weighted by atomic mass is 32.1. The van der Waals surface area contributed by atoms with Gasteiger partial charge in [-0.2, -0.15) is 0 Å². The van der Waals surface area contributed by atoms with Gasteiger partial charge < -0.3 is 10.6 Å². The lowest BCUT2D eigenvalue weighted by atomic mass is 10.1. The molecule has 0 saturated heterocycles. The molecular formula is C16H19N3S. The van der Waals surface area contributed by atoms with Gasteiger partial charge in [0.1, 0.15) is 5.82 Å². The first-order valence-electron chi connectivity index (χ1n) is 6.55. The van der Waals surface area contributed by atoms with E-state index in [1.165, 1.54) is 11.1 Å².